The van der Waals surface area contributed by atoms with Gasteiger partial charge < -0.3 is 14.6 Å². The minimum absolute atomic E-state index is 0.118. The maximum absolute atomic E-state index is 12.8. The van der Waals surface area contributed by atoms with Gasteiger partial charge in [0.25, 0.3) is 0 Å². The molecule has 0 bridgehead atoms. The third-order valence-electron chi connectivity index (χ3n) is 5.63. The van der Waals surface area contributed by atoms with Crippen LogP contribution in [0.25, 0.3) is 5.69 Å². The highest BCUT2D eigenvalue weighted by Crippen LogP contribution is 2.36. The van der Waals surface area contributed by atoms with Gasteiger partial charge in [0.1, 0.15) is 13.1 Å². The average Bonchev–Trinajstić information content (AvgIpc) is 3.08. The lowest BCUT2D eigenvalue weighted by Gasteiger charge is -2.46. The molecule has 5 nitrogen and oxygen atoms in total. The molecular formula is C19H23Cl2N3O2. The van der Waals surface area contributed by atoms with Gasteiger partial charge in [-0.1, -0.05) is 23.2 Å². The Morgan fingerprint density at radius 1 is 1.23 bits per heavy atom. The molecule has 26 heavy (non-hydrogen) atoms. The lowest BCUT2D eigenvalue weighted by molar-refractivity contribution is -0.889. The number of ether oxygens (including phenoxy) is 1. The van der Waals surface area contributed by atoms with E-state index in [-0.39, 0.29) is 4.65 Å². The number of hydroxylamine groups is 3. The highest BCUT2D eigenvalue weighted by atomic mass is 35.5. The summed E-state index contributed by atoms with van der Waals surface area (Å²) in [5, 5.41) is 18.5. The summed E-state index contributed by atoms with van der Waals surface area (Å²) in [6.07, 6.45) is 6.11. The van der Waals surface area contributed by atoms with Crippen LogP contribution in [0.4, 0.5) is 0 Å². The van der Waals surface area contributed by atoms with Crippen LogP contribution in [0.15, 0.2) is 24.4 Å². The molecule has 2 heterocycles. The number of aromatic nitrogens is 2. The minimum Gasteiger partial charge on any atom is -0.633 e. The van der Waals surface area contributed by atoms with Crippen LogP contribution in [0, 0.1) is 5.21 Å². The number of nitrogens with zero attached hydrogens (tertiary/aromatic N) is 3. The van der Waals surface area contributed by atoms with Gasteiger partial charge in [-0.2, -0.15) is 5.10 Å². The van der Waals surface area contributed by atoms with Crippen molar-refractivity contribution in [1.82, 2.24) is 9.78 Å². The lowest BCUT2D eigenvalue weighted by atomic mass is 9.84. The van der Waals surface area contributed by atoms with Crippen molar-refractivity contribution in [2.24, 2.45) is 0 Å². The Morgan fingerprint density at radius 2 is 2.04 bits per heavy atom. The zero-order chi connectivity index (χ0) is 18.1. The first-order valence-electron chi connectivity index (χ1n) is 9.23. The van der Waals surface area contributed by atoms with E-state index in [1.807, 2.05) is 23.0 Å². The number of quaternary nitrogens is 1. The van der Waals surface area contributed by atoms with Crippen LogP contribution < -0.4 is 0 Å². The highest BCUT2D eigenvalue weighted by Gasteiger charge is 2.28. The Hall–Kier alpha value is -1.11. The first-order chi connectivity index (χ1) is 12.6. The molecule has 4 rings (SSSR count). The van der Waals surface area contributed by atoms with Gasteiger partial charge in [0.05, 0.1) is 41.7 Å². The topological polar surface area (TPSA) is 50.1 Å². The van der Waals surface area contributed by atoms with Crippen LogP contribution >= 0.6 is 23.2 Å². The van der Waals surface area contributed by atoms with Crippen molar-refractivity contribution in [2.75, 3.05) is 32.8 Å². The molecule has 1 aromatic heterocycles. The lowest BCUT2D eigenvalue weighted by Crippen LogP contribution is -2.51. The Balaban J connectivity index is 1.54. The molecule has 0 N–H and O–H groups in total. The molecule has 1 saturated heterocycles. The minimum atomic E-state index is -0.118. The third kappa shape index (κ3) is 3.64. The number of rotatable bonds is 4. The van der Waals surface area contributed by atoms with Crippen molar-refractivity contribution < 1.29 is 9.38 Å². The molecule has 0 amide bonds. The summed E-state index contributed by atoms with van der Waals surface area (Å²) in [5.74, 6) is 0.405. The summed E-state index contributed by atoms with van der Waals surface area (Å²) in [6, 6.07) is 5.60. The van der Waals surface area contributed by atoms with E-state index in [0.717, 1.165) is 31.4 Å². The summed E-state index contributed by atoms with van der Waals surface area (Å²) in [7, 11) is 0. The molecule has 1 atom stereocenters. The van der Waals surface area contributed by atoms with E-state index in [1.54, 1.807) is 6.07 Å². The molecular weight excluding hydrogens is 373 g/mol. The number of benzene rings is 1. The molecule has 1 fully saturated rings. The van der Waals surface area contributed by atoms with Gasteiger partial charge in [0.2, 0.25) is 0 Å². The normalized spacial score (nSPS) is 22.2. The second-order valence-electron chi connectivity index (χ2n) is 7.28. The monoisotopic (exact) mass is 395 g/mol. The molecule has 1 aromatic carbocycles. The Kier molecular flexibility index (Phi) is 5.26. The predicted octanol–water partition coefficient (Wildman–Crippen LogP) is 4.33. The number of fused-ring (bicyclic) bond motifs is 1. The standard InChI is InChI=1S/C19H23Cl2N3O2/c20-17-5-4-15(12-18(17)21)23-19-3-1-2-14(16(19)13-22-23)6-7-24(25)8-10-26-11-9-24/h4-5,12-14H,1-3,6-11H2. The fraction of sp³-hybridized carbons (Fsp3) is 0.526. The molecule has 0 radical (unpaired) electrons. The van der Waals surface area contributed by atoms with Gasteiger partial charge in [-0.15, -0.1) is 0 Å². The van der Waals surface area contributed by atoms with Gasteiger partial charge in [-0.25, -0.2) is 4.68 Å². The number of halogens is 2. The predicted molar refractivity (Wildman–Crippen MR) is 103 cm³/mol. The van der Waals surface area contributed by atoms with Crippen LogP contribution in [0.5, 0.6) is 0 Å². The number of hydrogen-bond donors (Lipinski definition) is 0. The molecule has 7 heteroatoms. The second kappa shape index (κ2) is 7.49. The van der Waals surface area contributed by atoms with Crippen LogP contribution in [-0.4, -0.2) is 47.3 Å². The van der Waals surface area contributed by atoms with Crippen molar-refractivity contribution in [3.05, 3.63) is 50.9 Å². The summed E-state index contributed by atoms with van der Waals surface area (Å²) >= 11 is 12.2. The molecule has 2 aromatic rings. The fourth-order valence-corrected chi connectivity index (χ4v) is 4.37. The van der Waals surface area contributed by atoms with E-state index in [4.69, 9.17) is 27.9 Å². The first-order valence-corrected chi connectivity index (χ1v) is 9.98. The zero-order valence-corrected chi connectivity index (χ0v) is 16.2. The Bertz CT molecular complexity index is 787. The summed E-state index contributed by atoms with van der Waals surface area (Å²) < 4.78 is 7.19. The van der Waals surface area contributed by atoms with E-state index in [9.17, 15) is 5.21 Å². The Labute approximate surface area is 163 Å². The van der Waals surface area contributed by atoms with Crippen molar-refractivity contribution >= 4 is 23.2 Å². The van der Waals surface area contributed by atoms with E-state index < -0.39 is 0 Å². The SMILES string of the molecule is [O-][N+]1(CCC2CCCc3c2cnn3-c2ccc(Cl)c(Cl)c2)CCOCC1. The van der Waals surface area contributed by atoms with Gasteiger partial charge >= 0.3 is 0 Å². The first kappa shape index (κ1) is 18.3. The smallest absolute Gasteiger partial charge is 0.102 e. The average molecular weight is 396 g/mol. The maximum Gasteiger partial charge on any atom is 0.102 e. The van der Waals surface area contributed by atoms with E-state index in [1.165, 1.54) is 11.3 Å². The molecule has 1 aliphatic carbocycles. The summed E-state index contributed by atoms with van der Waals surface area (Å²) in [4.78, 5) is 0. The van der Waals surface area contributed by atoms with Crippen LogP contribution in [0.3, 0.4) is 0 Å². The molecule has 140 valence electrons. The highest BCUT2D eigenvalue weighted by molar-refractivity contribution is 6.42. The molecule has 0 spiro atoms. The Morgan fingerprint density at radius 3 is 2.81 bits per heavy atom. The third-order valence-corrected chi connectivity index (χ3v) is 6.37. The molecule has 2 aliphatic rings. The van der Waals surface area contributed by atoms with Crippen LogP contribution in [-0.2, 0) is 11.2 Å². The molecule has 1 aliphatic heterocycles. The van der Waals surface area contributed by atoms with Gasteiger partial charge in [-0.05, 0) is 48.9 Å². The second-order valence-corrected chi connectivity index (χ2v) is 8.09. The molecule has 1 unspecified atom stereocenters. The molecule has 0 saturated carbocycles. The summed E-state index contributed by atoms with van der Waals surface area (Å²) in [6.45, 7) is 2.96. The van der Waals surface area contributed by atoms with E-state index >= 15 is 0 Å². The quantitative estimate of drug-likeness (QED) is 0.571. The van der Waals surface area contributed by atoms with Crippen molar-refractivity contribution in [3.8, 4) is 5.69 Å². The van der Waals surface area contributed by atoms with E-state index in [2.05, 4.69) is 5.10 Å². The van der Waals surface area contributed by atoms with Crippen molar-refractivity contribution in [3.63, 3.8) is 0 Å². The number of morpholine rings is 1. The van der Waals surface area contributed by atoms with Gasteiger partial charge in [-0.3, -0.25) is 0 Å². The maximum atomic E-state index is 12.8. The van der Waals surface area contributed by atoms with E-state index in [0.29, 0.717) is 48.8 Å². The fourth-order valence-electron chi connectivity index (χ4n) is 4.08. The van der Waals surface area contributed by atoms with Crippen LogP contribution in [0.2, 0.25) is 10.0 Å². The summed E-state index contributed by atoms with van der Waals surface area (Å²) in [5.41, 5.74) is 3.45. The van der Waals surface area contributed by atoms with Crippen molar-refractivity contribution in [2.45, 2.75) is 31.6 Å². The van der Waals surface area contributed by atoms with Gasteiger partial charge in [0.15, 0.2) is 0 Å². The van der Waals surface area contributed by atoms with Crippen molar-refractivity contribution in [1.29, 1.82) is 0 Å². The zero-order valence-electron chi connectivity index (χ0n) is 14.7. The van der Waals surface area contributed by atoms with Gasteiger partial charge in [0, 0.05) is 12.1 Å². The van der Waals surface area contributed by atoms with Crippen LogP contribution in [0.1, 0.15) is 36.4 Å². The number of hydrogen-bond acceptors (Lipinski definition) is 3. The largest absolute Gasteiger partial charge is 0.633 e.